The number of carbonyl (C=O) groups is 1. The smallest absolute Gasteiger partial charge is 0.408 e. The Morgan fingerprint density at radius 3 is 2.12 bits per heavy atom. The van der Waals surface area contributed by atoms with Crippen LogP contribution in [-0.2, 0) is 27.6 Å². The van der Waals surface area contributed by atoms with E-state index in [0.29, 0.717) is 17.9 Å². The first-order valence-corrected chi connectivity index (χ1v) is 12.2. The lowest BCUT2D eigenvalue weighted by molar-refractivity contribution is 0.0520. The number of benzene rings is 3. The van der Waals surface area contributed by atoms with Crippen LogP contribution in [0.3, 0.4) is 0 Å². The Balaban J connectivity index is 1.81. The van der Waals surface area contributed by atoms with E-state index >= 15 is 0 Å². The number of sulfone groups is 1. The Labute approximate surface area is 195 Å². The van der Waals surface area contributed by atoms with Gasteiger partial charge < -0.3 is 14.8 Å². The van der Waals surface area contributed by atoms with E-state index < -0.39 is 26.9 Å². The predicted octanol–water partition coefficient (Wildman–Crippen LogP) is 5.13. The summed E-state index contributed by atoms with van der Waals surface area (Å²) in [5.74, 6) is 0.615. The summed E-state index contributed by atoms with van der Waals surface area (Å²) in [5.41, 5.74) is 0.983. The Kier molecular flexibility index (Phi) is 7.76. The van der Waals surface area contributed by atoms with Crippen LogP contribution in [0, 0.1) is 0 Å². The lowest BCUT2D eigenvalue weighted by Gasteiger charge is -2.24. The highest BCUT2D eigenvalue weighted by molar-refractivity contribution is 7.92. The number of amides is 1. The molecule has 1 atom stereocenters. The molecule has 1 unspecified atom stereocenters. The van der Waals surface area contributed by atoms with Crippen LogP contribution >= 0.6 is 0 Å². The Bertz CT molecular complexity index is 1160. The molecule has 0 radical (unpaired) electrons. The molecule has 0 saturated carbocycles. The van der Waals surface area contributed by atoms with Crippen LogP contribution in [0.4, 0.5) is 4.79 Å². The third kappa shape index (κ3) is 7.36. The average molecular weight is 468 g/mol. The quantitative estimate of drug-likeness (QED) is 0.496. The summed E-state index contributed by atoms with van der Waals surface area (Å²) in [6.45, 7) is 5.56. The van der Waals surface area contributed by atoms with Crippen LogP contribution in [-0.4, -0.2) is 25.5 Å². The van der Waals surface area contributed by atoms with Gasteiger partial charge in [-0.15, -0.1) is 0 Å². The highest BCUT2D eigenvalue weighted by atomic mass is 32.2. The largest absolute Gasteiger partial charge is 0.489 e. The molecule has 6 nitrogen and oxygen atoms in total. The summed E-state index contributed by atoms with van der Waals surface area (Å²) in [6, 6.07) is 25.0. The normalized spacial score (nSPS) is 12.6. The van der Waals surface area contributed by atoms with Crippen molar-refractivity contribution in [1.29, 1.82) is 0 Å². The fourth-order valence-corrected chi connectivity index (χ4v) is 4.70. The van der Waals surface area contributed by atoms with E-state index in [0.717, 1.165) is 5.56 Å². The van der Waals surface area contributed by atoms with Gasteiger partial charge in [-0.25, -0.2) is 13.2 Å². The number of hydrogen-bond acceptors (Lipinski definition) is 5. The fourth-order valence-electron chi connectivity index (χ4n) is 3.17. The van der Waals surface area contributed by atoms with Gasteiger partial charge in [-0.2, -0.15) is 0 Å². The minimum absolute atomic E-state index is 0.0546. The van der Waals surface area contributed by atoms with Gasteiger partial charge in [0.05, 0.1) is 4.90 Å². The minimum Gasteiger partial charge on any atom is -0.489 e. The molecule has 174 valence electrons. The van der Waals surface area contributed by atoms with E-state index in [2.05, 4.69) is 5.32 Å². The number of carbonyl (C=O) groups excluding carboxylic acids is 1. The van der Waals surface area contributed by atoms with Gasteiger partial charge in [0.25, 0.3) is 0 Å². The standard InChI is InChI=1S/C26H29NO5S/c1-26(2,3)32-25(28)27-24(33(29,30)23-15-8-5-9-16-23)18-21-13-10-14-22(17-21)31-19-20-11-6-4-7-12-20/h4-17,24H,18-19H2,1-3H3,(H,27,28). The van der Waals surface area contributed by atoms with E-state index in [4.69, 9.17) is 9.47 Å². The first-order chi connectivity index (χ1) is 15.6. The molecule has 3 rings (SSSR count). The maximum Gasteiger partial charge on any atom is 0.408 e. The molecule has 7 heteroatoms. The van der Waals surface area contributed by atoms with E-state index in [1.807, 2.05) is 36.4 Å². The highest BCUT2D eigenvalue weighted by Crippen LogP contribution is 2.22. The molecule has 1 amide bonds. The summed E-state index contributed by atoms with van der Waals surface area (Å²) < 4.78 is 37.8. The summed E-state index contributed by atoms with van der Waals surface area (Å²) in [7, 11) is -3.87. The molecule has 3 aromatic carbocycles. The van der Waals surface area contributed by atoms with Gasteiger partial charge in [0.2, 0.25) is 0 Å². The molecule has 0 aliphatic carbocycles. The first kappa shape index (κ1) is 24.3. The van der Waals surface area contributed by atoms with Crippen LogP contribution < -0.4 is 10.1 Å². The molecular formula is C26H29NO5S. The Morgan fingerprint density at radius 2 is 1.48 bits per heavy atom. The Hall–Kier alpha value is -3.32. The molecule has 0 heterocycles. The molecule has 0 spiro atoms. The first-order valence-electron chi connectivity index (χ1n) is 10.7. The summed E-state index contributed by atoms with van der Waals surface area (Å²) in [5, 5.41) is 1.34. The number of alkyl carbamates (subject to hydrolysis) is 1. The van der Waals surface area contributed by atoms with Gasteiger partial charge in [-0.3, -0.25) is 0 Å². The predicted molar refractivity (Wildman–Crippen MR) is 128 cm³/mol. The van der Waals surface area contributed by atoms with Crippen molar-refractivity contribution in [2.75, 3.05) is 0 Å². The third-order valence-electron chi connectivity index (χ3n) is 4.69. The van der Waals surface area contributed by atoms with E-state index in [1.54, 1.807) is 57.2 Å². The number of hydrogen-bond donors (Lipinski definition) is 1. The van der Waals surface area contributed by atoms with Crippen LogP contribution in [0.2, 0.25) is 0 Å². The van der Waals surface area contributed by atoms with Gasteiger partial charge >= 0.3 is 6.09 Å². The zero-order chi connectivity index (χ0) is 23.9. The van der Waals surface area contributed by atoms with Crippen LogP contribution in [0.25, 0.3) is 0 Å². The average Bonchev–Trinajstić information content (AvgIpc) is 2.77. The molecule has 0 fully saturated rings. The van der Waals surface area contributed by atoms with Crippen molar-refractivity contribution in [2.24, 2.45) is 0 Å². The minimum atomic E-state index is -3.87. The van der Waals surface area contributed by atoms with E-state index in [1.165, 1.54) is 12.1 Å². The van der Waals surface area contributed by atoms with Crippen LogP contribution in [0.1, 0.15) is 31.9 Å². The molecule has 0 aromatic heterocycles. The molecule has 0 aliphatic heterocycles. The lowest BCUT2D eigenvalue weighted by atomic mass is 10.1. The SMILES string of the molecule is CC(C)(C)OC(=O)NC(Cc1cccc(OCc2ccccc2)c1)S(=O)(=O)c1ccccc1. The second kappa shape index (κ2) is 10.5. The highest BCUT2D eigenvalue weighted by Gasteiger charge is 2.31. The van der Waals surface area contributed by atoms with Crippen molar-refractivity contribution in [3.63, 3.8) is 0 Å². The summed E-state index contributed by atoms with van der Waals surface area (Å²) in [6.07, 6.45) is -0.734. The zero-order valence-corrected chi connectivity index (χ0v) is 19.8. The van der Waals surface area contributed by atoms with E-state index in [-0.39, 0.29) is 11.3 Å². The van der Waals surface area contributed by atoms with Gasteiger partial charge in [-0.05, 0) is 56.2 Å². The monoisotopic (exact) mass is 467 g/mol. The van der Waals surface area contributed by atoms with Gasteiger partial charge in [0.1, 0.15) is 23.3 Å². The van der Waals surface area contributed by atoms with Crippen molar-refractivity contribution in [1.82, 2.24) is 5.32 Å². The molecule has 0 bridgehead atoms. The third-order valence-corrected chi connectivity index (χ3v) is 6.65. The summed E-state index contributed by atoms with van der Waals surface area (Å²) >= 11 is 0. The number of nitrogens with one attached hydrogen (secondary N) is 1. The van der Waals surface area contributed by atoms with Crippen LogP contribution in [0.5, 0.6) is 5.75 Å². The Morgan fingerprint density at radius 1 is 0.879 bits per heavy atom. The number of rotatable bonds is 8. The topological polar surface area (TPSA) is 81.7 Å². The van der Waals surface area contributed by atoms with Gasteiger partial charge in [0.15, 0.2) is 9.84 Å². The summed E-state index contributed by atoms with van der Waals surface area (Å²) in [4.78, 5) is 12.6. The maximum absolute atomic E-state index is 13.3. The van der Waals surface area contributed by atoms with Gasteiger partial charge in [0, 0.05) is 6.42 Å². The maximum atomic E-state index is 13.3. The zero-order valence-electron chi connectivity index (χ0n) is 19.0. The van der Waals surface area contributed by atoms with Crippen molar-refractivity contribution >= 4 is 15.9 Å². The van der Waals surface area contributed by atoms with Crippen molar-refractivity contribution in [3.05, 3.63) is 96.1 Å². The second-order valence-electron chi connectivity index (χ2n) is 8.62. The molecule has 0 saturated heterocycles. The van der Waals surface area contributed by atoms with Crippen molar-refractivity contribution in [3.8, 4) is 5.75 Å². The number of ether oxygens (including phenoxy) is 2. The van der Waals surface area contributed by atoms with Crippen molar-refractivity contribution < 1.29 is 22.7 Å². The lowest BCUT2D eigenvalue weighted by Crippen LogP contribution is -2.44. The molecule has 33 heavy (non-hydrogen) atoms. The molecule has 1 N–H and O–H groups in total. The van der Waals surface area contributed by atoms with Crippen LogP contribution in [0.15, 0.2) is 89.8 Å². The molecule has 3 aromatic rings. The second-order valence-corrected chi connectivity index (χ2v) is 10.7. The van der Waals surface area contributed by atoms with E-state index in [9.17, 15) is 13.2 Å². The fraction of sp³-hybridized carbons (Fsp3) is 0.269. The van der Waals surface area contributed by atoms with Crippen molar-refractivity contribution in [2.45, 2.75) is 49.7 Å². The molecule has 0 aliphatic rings. The van der Waals surface area contributed by atoms with Gasteiger partial charge in [-0.1, -0.05) is 60.7 Å². The molecular weight excluding hydrogens is 438 g/mol.